The molecule has 0 atom stereocenters. The zero-order valence-corrected chi connectivity index (χ0v) is 8.38. The summed E-state index contributed by atoms with van der Waals surface area (Å²) < 4.78 is 36.6. The Morgan fingerprint density at radius 3 is 2.19 bits per heavy atom. The topological polar surface area (TPSA) is 58.4 Å². The smallest absolute Gasteiger partial charge is 0.350 e. The number of benzene rings is 1. The minimum Gasteiger partial charge on any atom is -0.350 e. The van der Waals surface area contributed by atoms with E-state index in [1.807, 2.05) is 0 Å². The van der Waals surface area contributed by atoms with Crippen LogP contribution in [0.3, 0.4) is 0 Å². The van der Waals surface area contributed by atoms with E-state index < -0.39 is 17.8 Å². The fourth-order valence-electron chi connectivity index (χ4n) is 0.982. The first kappa shape index (κ1) is 12.2. The number of amides is 2. The normalized spacial score (nSPS) is 11.0. The highest BCUT2D eigenvalue weighted by molar-refractivity contribution is 5.73. The summed E-state index contributed by atoms with van der Waals surface area (Å²) in [7, 11) is 1.36. The molecule has 1 rings (SSSR count). The molecular weight excluding hydrogens is 223 g/mol. The molecule has 16 heavy (non-hydrogen) atoms. The zero-order chi connectivity index (χ0) is 12.3. The highest BCUT2D eigenvalue weighted by atomic mass is 19.4. The number of anilines is 1. The van der Waals surface area contributed by atoms with Crippen LogP contribution in [0.15, 0.2) is 24.3 Å². The molecule has 0 aromatic heterocycles. The van der Waals surface area contributed by atoms with E-state index in [9.17, 15) is 18.0 Å². The molecule has 0 fully saturated rings. The van der Waals surface area contributed by atoms with E-state index in [2.05, 4.69) is 5.43 Å². The first-order valence-corrected chi connectivity index (χ1v) is 4.28. The molecule has 0 unspecified atom stereocenters. The number of hydrogen-bond acceptors (Lipinski definition) is 2. The Bertz CT molecular complexity index is 375. The maximum Gasteiger partial charge on any atom is 0.416 e. The van der Waals surface area contributed by atoms with Crippen molar-refractivity contribution in [2.24, 2.45) is 5.73 Å². The van der Waals surface area contributed by atoms with Crippen LogP contribution < -0.4 is 11.2 Å². The van der Waals surface area contributed by atoms with E-state index in [0.717, 1.165) is 17.1 Å². The molecule has 1 aromatic carbocycles. The minimum absolute atomic E-state index is 0.342. The summed E-state index contributed by atoms with van der Waals surface area (Å²) in [6.45, 7) is 0. The molecule has 1 aromatic rings. The average Bonchev–Trinajstić information content (AvgIpc) is 2.17. The van der Waals surface area contributed by atoms with Crippen LogP contribution in [0.4, 0.5) is 23.7 Å². The van der Waals surface area contributed by atoms with E-state index in [1.165, 1.54) is 19.2 Å². The molecule has 2 amide bonds. The van der Waals surface area contributed by atoms with Gasteiger partial charge in [-0.1, -0.05) is 0 Å². The fraction of sp³-hybridized carbons (Fsp3) is 0.222. The quantitative estimate of drug-likeness (QED) is 0.768. The Kier molecular flexibility index (Phi) is 3.26. The molecule has 0 saturated carbocycles. The molecule has 0 aliphatic carbocycles. The van der Waals surface area contributed by atoms with Gasteiger partial charge in [-0.15, -0.1) is 0 Å². The minimum atomic E-state index is -4.37. The first-order chi connectivity index (χ1) is 7.30. The molecule has 0 saturated heterocycles. The zero-order valence-electron chi connectivity index (χ0n) is 8.38. The summed E-state index contributed by atoms with van der Waals surface area (Å²) in [5.74, 6) is 0. The van der Waals surface area contributed by atoms with Crippen LogP contribution in [0.1, 0.15) is 5.56 Å². The van der Waals surface area contributed by atoms with Crippen molar-refractivity contribution in [3.63, 3.8) is 0 Å². The van der Waals surface area contributed by atoms with Crippen LogP contribution in [0, 0.1) is 0 Å². The van der Waals surface area contributed by atoms with Crippen molar-refractivity contribution in [3.8, 4) is 0 Å². The summed E-state index contributed by atoms with van der Waals surface area (Å²) in [6.07, 6.45) is -4.37. The van der Waals surface area contributed by atoms with Crippen molar-refractivity contribution in [1.29, 1.82) is 0 Å². The van der Waals surface area contributed by atoms with Crippen LogP contribution in [0.2, 0.25) is 0 Å². The number of nitrogens with zero attached hydrogens (tertiary/aromatic N) is 1. The SMILES string of the molecule is CN(Nc1ccc(C(F)(F)F)cc1)C(N)=O. The predicted octanol–water partition coefficient (Wildman–Crippen LogP) is 2.04. The number of halogens is 3. The molecule has 0 bridgehead atoms. The molecule has 0 aliphatic heterocycles. The van der Waals surface area contributed by atoms with Gasteiger partial charge < -0.3 is 5.73 Å². The highest BCUT2D eigenvalue weighted by Crippen LogP contribution is 2.29. The second kappa shape index (κ2) is 4.30. The number of nitrogens with two attached hydrogens (primary N) is 1. The van der Waals surface area contributed by atoms with Crippen LogP contribution in [-0.2, 0) is 6.18 Å². The summed E-state index contributed by atoms with van der Waals surface area (Å²) in [4.78, 5) is 10.6. The lowest BCUT2D eigenvalue weighted by Crippen LogP contribution is -2.36. The van der Waals surface area contributed by atoms with Crippen molar-refractivity contribution < 1.29 is 18.0 Å². The van der Waals surface area contributed by atoms with Crippen LogP contribution in [0.25, 0.3) is 0 Å². The largest absolute Gasteiger partial charge is 0.416 e. The van der Waals surface area contributed by atoms with Crippen molar-refractivity contribution >= 4 is 11.7 Å². The van der Waals surface area contributed by atoms with Gasteiger partial charge in [-0.25, -0.2) is 9.80 Å². The predicted molar refractivity (Wildman–Crippen MR) is 52.4 cm³/mol. The van der Waals surface area contributed by atoms with E-state index in [-0.39, 0.29) is 0 Å². The monoisotopic (exact) mass is 233 g/mol. The van der Waals surface area contributed by atoms with Gasteiger partial charge in [0.05, 0.1) is 11.3 Å². The van der Waals surface area contributed by atoms with Gasteiger partial charge in [0.25, 0.3) is 0 Å². The van der Waals surface area contributed by atoms with Gasteiger partial charge in [-0.3, -0.25) is 5.43 Å². The van der Waals surface area contributed by atoms with E-state index >= 15 is 0 Å². The first-order valence-electron chi connectivity index (χ1n) is 4.28. The third kappa shape index (κ3) is 3.04. The number of urea groups is 1. The van der Waals surface area contributed by atoms with Gasteiger partial charge in [0.2, 0.25) is 0 Å². The Morgan fingerprint density at radius 2 is 1.81 bits per heavy atom. The van der Waals surface area contributed by atoms with Gasteiger partial charge in [0.15, 0.2) is 0 Å². The lowest BCUT2D eigenvalue weighted by Gasteiger charge is -2.17. The molecule has 0 heterocycles. The molecular formula is C9H10F3N3O. The second-order valence-corrected chi connectivity index (χ2v) is 3.08. The Morgan fingerprint density at radius 1 is 1.31 bits per heavy atom. The third-order valence-electron chi connectivity index (χ3n) is 1.84. The van der Waals surface area contributed by atoms with Crippen molar-refractivity contribution in [1.82, 2.24) is 5.01 Å². The number of nitrogens with one attached hydrogen (secondary N) is 1. The summed E-state index contributed by atoms with van der Waals surface area (Å²) >= 11 is 0. The molecule has 7 heteroatoms. The lowest BCUT2D eigenvalue weighted by molar-refractivity contribution is -0.137. The second-order valence-electron chi connectivity index (χ2n) is 3.08. The van der Waals surface area contributed by atoms with Gasteiger partial charge in [-0.05, 0) is 24.3 Å². The molecule has 3 N–H and O–H groups in total. The van der Waals surface area contributed by atoms with Gasteiger partial charge >= 0.3 is 12.2 Å². The van der Waals surface area contributed by atoms with Crippen LogP contribution >= 0.6 is 0 Å². The molecule has 4 nitrogen and oxygen atoms in total. The highest BCUT2D eigenvalue weighted by Gasteiger charge is 2.29. The molecule has 0 radical (unpaired) electrons. The van der Waals surface area contributed by atoms with Crippen molar-refractivity contribution in [2.45, 2.75) is 6.18 Å². The summed E-state index contributed by atoms with van der Waals surface area (Å²) in [5, 5.41) is 0.961. The maximum atomic E-state index is 12.2. The number of carbonyl (C=O) groups excluding carboxylic acids is 1. The number of alkyl halides is 3. The molecule has 88 valence electrons. The van der Waals surface area contributed by atoms with Gasteiger partial charge in [0, 0.05) is 7.05 Å². The Balaban J connectivity index is 2.76. The van der Waals surface area contributed by atoms with Gasteiger partial charge in [-0.2, -0.15) is 13.2 Å². The third-order valence-corrected chi connectivity index (χ3v) is 1.84. The van der Waals surface area contributed by atoms with E-state index in [1.54, 1.807) is 0 Å². The van der Waals surface area contributed by atoms with Crippen LogP contribution in [0.5, 0.6) is 0 Å². The fourth-order valence-corrected chi connectivity index (χ4v) is 0.982. The number of rotatable bonds is 2. The lowest BCUT2D eigenvalue weighted by atomic mass is 10.2. The van der Waals surface area contributed by atoms with E-state index in [0.29, 0.717) is 5.69 Å². The van der Waals surface area contributed by atoms with Gasteiger partial charge in [0.1, 0.15) is 0 Å². The van der Waals surface area contributed by atoms with Crippen molar-refractivity contribution in [3.05, 3.63) is 29.8 Å². The Labute approximate surface area is 89.8 Å². The Hall–Kier alpha value is -1.92. The standard InChI is InChI=1S/C9H10F3N3O/c1-15(8(13)16)14-7-4-2-6(3-5-7)9(10,11)12/h2-5,14H,1H3,(H2,13,16). The van der Waals surface area contributed by atoms with Crippen molar-refractivity contribution in [2.75, 3.05) is 12.5 Å². The summed E-state index contributed by atoms with van der Waals surface area (Å²) in [5.41, 5.74) is 7.03. The number of carbonyl (C=O) groups is 1. The number of hydrazine groups is 1. The average molecular weight is 233 g/mol. The summed E-state index contributed by atoms with van der Waals surface area (Å²) in [6, 6.07) is 3.51. The maximum absolute atomic E-state index is 12.2. The van der Waals surface area contributed by atoms with Crippen LogP contribution in [-0.4, -0.2) is 18.1 Å². The number of hydrogen-bond donors (Lipinski definition) is 2. The molecule has 0 spiro atoms. The van der Waals surface area contributed by atoms with E-state index in [4.69, 9.17) is 5.73 Å². The molecule has 0 aliphatic rings. The number of primary amides is 1.